The van der Waals surface area contributed by atoms with Crippen LogP contribution >= 0.6 is 0 Å². The summed E-state index contributed by atoms with van der Waals surface area (Å²) >= 11 is 0. The van der Waals surface area contributed by atoms with Crippen molar-refractivity contribution in [1.29, 1.82) is 0 Å². The molecule has 0 saturated carbocycles. The largest absolute Gasteiger partial charge is 0.497 e. The minimum absolute atomic E-state index is 0.289. The van der Waals surface area contributed by atoms with E-state index >= 15 is 0 Å². The van der Waals surface area contributed by atoms with E-state index in [0.29, 0.717) is 17.0 Å². The number of pyridine rings is 1. The van der Waals surface area contributed by atoms with E-state index in [1.807, 2.05) is 55.5 Å². The minimum atomic E-state index is -0.289. The molecule has 5 heteroatoms. The summed E-state index contributed by atoms with van der Waals surface area (Å²) in [5.74, 6) is 0.772. The number of nitrogens with zero attached hydrogens (tertiary/aromatic N) is 1. The lowest BCUT2D eigenvalue weighted by Gasteiger charge is -2.06. The van der Waals surface area contributed by atoms with Gasteiger partial charge in [0.05, 0.1) is 24.5 Å². The average Bonchev–Trinajstić information content (AvgIpc) is 2.98. The Morgan fingerprint density at radius 3 is 2.80 bits per heavy atom. The van der Waals surface area contributed by atoms with Gasteiger partial charge >= 0.3 is 0 Å². The van der Waals surface area contributed by atoms with Gasteiger partial charge < -0.3 is 14.5 Å². The van der Waals surface area contributed by atoms with Crippen LogP contribution in [0, 0.1) is 6.92 Å². The van der Waals surface area contributed by atoms with Crippen LogP contribution in [0.15, 0.2) is 59.1 Å². The van der Waals surface area contributed by atoms with E-state index in [9.17, 15) is 4.79 Å². The molecular formula is C20H16N2O3. The molecule has 0 bridgehead atoms. The third kappa shape index (κ3) is 2.70. The van der Waals surface area contributed by atoms with E-state index in [4.69, 9.17) is 9.15 Å². The Kier molecular flexibility index (Phi) is 3.61. The first-order chi connectivity index (χ1) is 12.2. The molecule has 0 spiro atoms. The van der Waals surface area contributed by atoms with E-state index in [2.05, 4.69) is 10.3 Å². The van der Waals surface area contributed by atoms with E-state index in [0.717, 1.165) is 27.6 Å². The van der Waals surface area contributed by atoms with Crippen LogP contribution in [0.3, 0.4) is 0 Å². The number of rotatable bonds is 3. The van der Waals surface area contributed by atoms with Gasteiger partial charge in [-0.1, -0.05) is 18.2 Å². The third-order valence-corrected chi connectivity index (χ3v) is 4.20. The minimum Gasteiger partial charge on any atom is -0.497 e. The van der Waals surface area contributed by atoms with Gasteiger partial charge in [-0.3, -0.25) is 9.78 Å². The van der Waals surface area contributed by atoms with Gasteiger partial charge in [0.25, 0.3) is 5.91 Å². The zero-order valence-electron chi connectivity index (χ0n) is 13.9. The molecule has 0 radical (unpaired) electrons. The van der Waals surface area contributed by atoms with Crippen LogP contribution in [0.25, 0.3) is 21.9 Å². The standard InChI is InChI=1S/C20H16N2O3/c1-12-16-5-3-4-6-18(16)25-19(12)20(23)22-14-9-13-7-8-15(24-2)10-17(13)21-11-14/h3-11H,1-2H3,(H,22,23). The van der Waals surface area contributed by atoms with Crippen LogP contribution in [0.2, 0.25) is 0 Å². The van der Waals surface area contributed by atoms with Crippen molar-refractivity contribution in [3.8, 4) is 5.75 Å². The molecule has 2 aromatic heterocycles. The molecule has 0 aliphatic rings. The average molecular weight is 332 g/mol. The smallest absolute Gasteiger partial charge is 0.291 e. The van der Waals surface area contributed by atoms with Crippen molar-refractivity contribution in [1.82, 2.24) is 4.98 Å². The molecule has 4 aromatic rings. The topological polar surface area (TPSA) is 64.4 Å². The number of carbonyl (C=O) groups excluding carboxylic acids is 1. The number of ether oxygens (including phenoxy) is 1. The Labute approximate surface area is 144 Å². The summed E-state index contributed by atoms with van der Waals surface area (Å²) in [5, 5.41) is 4.71. The highest BCUT2D eigenvalue weighted by Gasteiger charge is 2.17. The molecule has 2 aromatic carbocycles. The SMILES string of the molecule is COc1ccc2cc(NC(=O)c3oc4ccccc4c3C)cnc2c1. The maximum absolute atomic E-state index is 12.6. The van der Waals surface area contributed by atoms with Crippen LogP contribution in [-0.2, 0) is 0 Å². The number of para-hydroxylation sites is 1. The fourth-order valence-electron chi connectivity index (χ4n) is 2.88. The highest BCUT2D eigenvalue weighted by Crippen LogP contribution is 2.26. The number of anilines is 1. The summed E-state index contributed by atoms with van der Waals surface area (Å²) < 4.78 is 10.9. The number of hydrogen-bond acceptors (Lipinski definition) is 4. The van der Waals surface area contributed by atoms with Gasteiger partial charge in [-0.15, -0.1) is 0 Å². The van der Waals surface area contributed by atoms with Crippen LogP contribution < -0.4 is 10.1 Å². The van der Waals surface area contributed by atoms with Gasteiger partial charge in [-0.25, -0.2) is 0 Å². The Balaban J connectivity index is 1.65. The number of fused-ring (bicyclic) bond motifs is 2. The molecule has 0 saturated heterocycles. The van der Waals surface area contributed by atoms with E-state index < -0.39 is 0 Å². The lowest BCUT2D eigenvalue weighted by Crippen LogP contribution is -2.12. The van der Waals surface area contributed by atoms with Crippen LogP contribution in [0.1, 0.15) is 16.1 Å². The maximum atomic E-state index is 12.6. The van der Waals surface area contributed by atoms with Crippen LogP contribution in [0.4, 0.5) is 5.69 Å². The van der Waals surface area contributed by atoms with Gasteiger partial charge in [0, 0.05) is 22.4 Å². The monoisotopic (exact) mass is 332 g/mol. The van der Waals surface area contributed by atoms with E-state index in [1.54, 1.807) is 13.3 Å². The number of furan rings is 1. The van der Waals surface area contributed by atoms with E-state index in [-0.39, 0.29) is 5.91 Å². The molecule has 4 rings (SSSR count). The first-order valence-corrected chi connectivity index (χ1v) is 7.89. The fraction of sp³-hybridized carbons (Fsp3) is 0.100. The number of aromatic nitrogens is 1. The number of nitrogens with one attached hydrogen (secondary N) is 1. The lowest BCUT2D eigenvalue weighted by molar-refractivity contribution is 0.0998. The van der Waals surface area contributed by atoms with Gasteiger partial charge in [0.15, 0.2) is 5.76 Å². The molecule has 1 N–H and O–H groups in total. The number of benzene rings is 2. The van der Waals surface area contributed by atoms with Crippen molar-refractivity contribution in [2.24, 2.45) is 0 Å². The molecule has 124 valence electrons. The van der Waals surface area contributed by atoms with Gasteiger partial charge in [-0.2, -0.15) is 0 Å². The summed E-state index contributed by atoms with van der Waals surface area (Å²) in [7, 11) is 1.62. The quantitative estimate of drug-likeness (QED) is 0.598. The number of amides is 1. The second kappa shape index (κ2) is 5.94. The summed E-state index contributed by atoms with van der Waals surface area (Å²) in [5.41, 5.74) is 2.94. The maximum Gasteiger partial charge on any atom is 0.291 e. The Morgan fingerprint density at radius 2 is 2.00 bits per heavy atom. The predicted molar refractivity (Wildman–Crippen MR) is 97.2 cm³/mol. The second-order valence-electron chi connectivity index (χ2n) is 5.79. The number of carbonyl (C=O) groups is 1. The second-order valence-corrected chi connectivity index (χ2v) is 5.79. The lowest BCUT2D eigenvalue weighted by atomic mass is 10.1. The van der Waals surface area contributed by atoms with Crippen molar-refractivity contribution in [2.45, 2.75) is 6.92 Å². The number of aryl methyl sites for hydroxylation is 1. The third-order valence-electron chi connectivity index (χ3n) is 4.20. The normalized spacial score (nSPS) is 11.0. The zero-order chi connectivity index (χ0) is 17.4. The van der Waals surface area contributed by atoms with Gasteiger partial charge in [0.1, 0.15) is 11.3 Å². The van der Waals surface area contributed by atoms with Crippen molar-refractivity contribution in [3.63, 3.8) is 0 Å². The van der Waals surface area contributed by atoms with Crippen molar-refractivity contribution in [3.05, 3.63) is 66.1 Å². The molecular weight excluding hydrogens is 316 g/mol. The fourth-order valence-corrected chi connectivity index (χ4v) is 2.88. The summed E-state index contributed by atoms with van der Waals surface area (Å²) in [6, 6.07) is 15.1. The molecule has 1 amide bonds. The highest BCUT2D eigenvalue weighted by atomic mass is 16.5. The van der Waals surface area contributed by atoms with Gasteiger partial charge in [-0.05, 0) is 31.2 Å². The van der Waals surface area contributed by atoms with Crippen molar-refractivity contribution in [2.75, 3.05) is 12.4 Å². The zero-order valence-corrected chi connectivity index (χ0v) is 13.9. The first kappa shape index (κ1) is 15.2. The molecule has 5 nitrogen and oxygen atoms in total. The Bertz CT molecular complexity index is 1100. The molecule has 0 unspecified atom stereocenters. The molecule has 2 heterocycles. The molecule has 0 atom stereocenters. The van der Waals surface area contributed by atoms with Crippen molar-refractivity contribution >= 4 is 33.5 Å². The first-order valence-electron chi connectivity index (χ1n) is 7.89. The van der Waals surface area contributed by atoms with Crippen LogP contribution in [-0.4, -0.2) is 18.0 Å². The molecule has 0 aliphatic carbocycles. The molecule has 0 fully saturated rings. The molecule has 25 heavy (non-hydrogen) atoms. The molecule has 0 aliphatic heterocycles. The summed E-state index contributed by atoms with van der Waals surface area (Å²) in [6.45, 7) is 1.88. The highest BCUT2D eigenvalue weighted by molar-refractivity contribution is 6.06. The number of hydrogen-bond donors (Lipinski definition) is 1. The summed E-state index contributed by atoms with van der Waals surface area (Å²) in [6.07, 6.45) is 1.62. The Morgan fingerprint density at radius 1 is 1.16 bits per heavy atom. The summed E-state index contributed by atoms with van der Waals surface area (Å²) in [4.78, 5) is 17.0. The predicted octanol–water partition coefficient (Wildman–Crippen LogP) is 4.55. The van der Waals surface area contributed by atoms with Crippen LogP contribution in [0.5, 0.6) is 5.75 Å². The Hall–Kier alpha value is -3.34. The van der Waals surface area contributed by atoms with Crippen molar-refractivity contribution < 1.29 is 13.9 Å². The van der Waals surface area contributed by atoms with Gasteiger partial charge in [0.2, 0.25) is 0 Å². The van der Waals surface area contributed by atoms with E-state index in [1.165, 1.54) is 0 Å². The number of methoxy groups -OCH3 is 1.